The summed E-state index contributed by atoms with van der Waals surface area (Å²) < 4.78 is 0. The van der Waals surface area contributed by atoms with Gasteiger partial charge in [0.2, 0.25) is 17.7 Å². The van der Waals surface area contributed by atoms with Crippen LogP contribution >= 0.6 is 0 Å². The number of primary amides is 1. The fourth-order valence-corrected chi connectivity index (χ4v) is 4.88. The van der Waals surface area contributed by atoms with Crippen molar-refractivity contribution in [2.24, 2.45) is 11.7 Å². The molecule has 3 aliphatic heterocycles. The van der Waals surface area contributed by atoms with Gasteiger partial charge in [-0.15, -0.1) is 0 Å². The first-order valence-corrected chi connectivity index (χ1v) is 11.2. The first-order chi connectivity index (χ1) is 13.9. The minimum absolute atomic E-state index is 0.126. The van der Waals surface area contributed by atoms with Gasteiger partial charge >= 0.3 is 0 Å². The molecule has 2 N–H and O–H groups in total. The topological polar surface area (TPSA) is 90.2 Å². The number of hydrogen-bond acceptors (Lipinski definition) is 5. The number of amides is 3. The van der Waals surface area contributed by atoms with Crippen molar-refractivity contribution in [2.75, 3.05) is 59.4 Å². The van der Waals surface area contributed by atoms with Gasteiger partial charge in [-0.2, -0.15) is 0 Å². The lowest BCUT2D eigenvalue weighted by Crippen LogP contribution is -2.54. The number of hydrogen-bond donors (Lipinski definition) is 1. The average molecular weight is 408 g/mol. The third kappa shape index (κ3) is 6.15. The molecule has 0 spiro atoms. The van der Waals surface area contributed by atoms with Crippen molar-refractivity contribution in [3.8, 4) is 0 Å². The number of rotatable bonds is 6. The quantitative estimate of drug-likeness (QED) is 0.675. The molecule has 0 aromatic carbocycles. The van der Waals surface area contributed by atoms with Crippen LogP contribution < -0.4 is 5.73 Å². The summed E-state index contributed by atoms with van der Waals surface area (Å²) in [6, 6.07) is 0.466. The molecular formula is C21H37N5O3. The Balaban J connectivity index is 1.43. The molecule has 8 heteroatoms. The van der Waals surface area contributed by atoms with Gasteiger partial charge in [0, 0.05) is 64.7 Å². The molecule has 3 fully saturated rings. The Kier molecular flexibility index (Phi) is 7.89. The van der Waals surface area contributed by atoms with Gasteiger partial charge in [0.25, 0.3) is 0 Å². The molecule has 0 aliphatic carbocycles. The van der Waals surface area contributed by atoms with Crippen LogP contribution in [-0.2, 0) is 14.4 Å². The van der Waals surface area contributed by atoms with Gasteiger partial charge in [-0.1, -0.05) is 0 Å². The van der Waals surface area contributed by atoms with E-state index in [4.69, 9.17) is 5.73 Å². The van der Waals surface area contributed by atoms with Crippen molar-refractivity contribution in [2.45, 2.75) is 51.0 Å². The lowest BCUT2D eigenvalue weighted by molar-refractivity contribution is -0.139. The first-order valence-electron chi connectivity index (χ1n) is 11.2. The Bertz CT molecular complexity index is 583. The van der Waals surface area contributed by atoms with Crippen LogP contribution in [-0.4, -0.2) is 103 Å². The Morgan fingerprint density at radius 2 is 1.55 bits per heavy atom. The zero-order valence-corrected chi connectivity index (χ0v) is 17.9. The Hall–Kier alpha value is -1.67. The number of piperidine rings is 2. The summed E-state index contributed by atoms with van der Waals surface area (Å²) in [6.07, 6.45) is 5.23. The minimum Gasteiger partial charge on any atom is -0.370 e. The van der Waals surface area contributed by atoms with Crippen molar-refractivity contribution in [3.63, 3.8) is 0 Å². The molecule has 3 heterocycles. The smallest absolute Gasteiger partial charge is 0.227 e. The van der Waals surface area contributed by atoms with E-state index in [0.717, 1.165) is 78.0 Å². The summed E-state index contributed by atoms with van der Waals surface area (Å²) in [4.78, 5) is 44.9. The molecule has 29 heavy (non-hydrogen) atoms. The van der Waals surface area contributed by atoms with E-state index in [2.05, 4.69) is 21.7 Å². The number of nitrogens with two attached hydrogens (primary N) is 1. The van der Waals surface area contributed by atoms with E-state index >= 15 is 0 Å². The van der Waals surface area contributed by atoms with Crippen molar-refractivity contribution >= 4 is 17.7 Å². The van der Waals surface area contributed by atoms with Crippen LogP contribution in [0.2, 0.25) is 0 Å². The summed E-state index contributed by atoms with van der Waals surface area (Å²) >= 11 is 0. The van der Waals surface area contributed by atoms with Crippen LogP contribution in [0.5, 0.6) is 0 Å². The van der Waals surface area contributed by atoms with Crippen LogP contribution in [0, 0.1) is 5.92 Å². The van der Waals surface area contributed by atoms with Crippen LogP contribution in [0.25, 0.3) is 0 Å². The standard InChI is InChI=1S/C21H37N5O3/c1-23-12-14-25(15-13-23)21(29)17-4-3-9-26(16-17)18-7-10-24(11-8-18)20(28)6-2-5-19(22)27/h17-18H,2-16H2,1H3,(H2,22,27)/t17-/m1/s1. The lowest BCUT2D eigenvalue weighted by Gasteiger charge is -2.43. The predicted octanol–water partition coefficient (Wildman–Crippen LogP) is 0.119. The second kappa shape index (κ2) is 10.4. The Morgan fingerprint density at radius 1 is 0.862 bits per heavy atom. The van der Waals surface area contributed by atoms with Crippen molar-refractivity contribution < 1.29 is 14.4 Å². The maximum Gasteiger partial charge on any atom is 0.227 e. The summed E-state index contributed by atoms with van der Waals surface area (Å²) in [7, 11) is 2.11. The van der Waals surface area contributed by atoms with Crippen molar-refractivity contribution in [3.05, 3.63) is 0 Å². The molecule has 3 amide bonds. The third-order valence-electron chi connectivity index (χ3n) is 6.76. The minimum atomic E-state index is -0.345. The van der Waals surface area contributed by atoms with Gasteiger partial charge in [0.15, 0.2) is 0 Å². The fraction of sp³-hybridized carbons (Fsp3) is 0.857. The molecule has 0 aromatic rings. The normalized spacial score (nSPS) is 25.2. The molecule has 0 unspecified atom stereocenters. The van der Waals surface area contributed by atoms with Gasteiger partial charge in [0.1, 0.15) is 0 Å². The second-order valence-electron chi connectivity index (χ2n) is 8.89. The van der Waals surface area contributed by atoms with Gasteiger partial charge in [-0.05, 0) is 45.7 Å². The molecule has 8 nitrogen and oxygen atoms in total. The lowest BCUT2D eigenvalue weighted by atomic mass is 9.92. The second-order valence-corrected chi connectivity index (χ2v) is 8.89. The number of likely N-dealkylation sites (tertiary alicyclic amines) is 2. The predicted molar refractivity (Wildman–Crippen MR) is 111 cm³/mol. The summed E-state index contributed by atoms with van der Waals surface area (Å²) in [5, 5.41) is 0. The van der Waals surface area contributed by atoms with E-state index in [9.17, 15) is 14.4 Å². The highest BCUT2D eigenvalue weighted by Gasteiger charge is 2.34. The average Bonchev–Trinajstić information content (AvgIpc) is 2.73. The molecule has 0 radical (unpaired) electrons. The highest BCUT2D eigenvalue weighted by Crippen LogP contribution is 2.25. The molecule has 0 aromatic heterocycles. The van der Waals surface area contributed by atoms with E-state index < -0.39 is 0 Å². The Morgan fingerprint density at radius 3 is 2.21 bits per heavy atom. The SMILES string of the molecule is CN1CCN(C(=O)[C@@H]2CCCN(C3CCN(C(=O)CCCC(N)=O)CC3)C2)CC1. The van der Waals surface area contributed by atoms with Gasteiger partial charge in [0.05, 0.1) is 5.92 Å². The van der Waals surface area contributed by atoms with Crippen molar-refractivity contribution in [1.82, 2.24) is 19.6 Å². The summed E-state index contributed by atoms with van der Waals surface area (Å²) in [5.41, 5.74) is 5.15. The zero-order valence-electron chi connectivity index (χ0n) is 17.9. The first kappa shape index (κ1) is 22.0. The van der Waals surface area contributed by atoms with E-state index in [1.165, 1.54) is 0 Å². The van der Waals surface area contributed by atoms with Gasteiger partial charge in [-0.25, -0.2) is 0 Å². The number of nitrogens with zero attached hydrogens (tertiary/aromatic N) is 4. The van der Waals surface area contributed by atoms with E-state index in [0.29, 0.717) is 24.8 Å². The number of carbonyl (C=O) groups is 3. The van der Waals surface area contributed by atoms with Crippen molar-refractivity contribution in [1.29, 1.82) is 0 Å². The molecule has 0 bridgehead atoms. The van der Waals surface area contributed by atoms with E-state index in [1.54, 1.807) is 0 Å². The van der Waals surface area contributed by atoms with Gasteiger partial charge in [-0.3, -0.25) is 19.3 Å². The molecule has 3 rings (SSSR count). The molecule has 1 atom stereocenters. The third-order valence-corrected chi connectivity index (χ3v) is 6.76. The van der Waals surface area contributed by atoms with Crippen LogP contribution in [0.15, 0.2) is 0 Å². The van der Waals surface area contributed by atoms with Crippen LogP contribution in [0.1, 0.15) is 44.9 Å². The number of carbonyl (C=O) groups excluding carboxylic acids is 3. The maximum atomic E-state index is 13.0. The highest BCUT2D eigenvalue weighted by atomic mass is 16.2. The molecular weight excluding hydrogens is 370 g/mol. The zero-order chi connectivity index (χ0) is 20.8. The van der Waals surface area contributed by atoms with Crippen LogP contribution in [0.4, 0.5) is 0 Å². The Labute approximate surface area is 174 Å². The highest BCUT2D eigenvalue weighted by molar-refractivity contribution is 5.79. The van der Waals surface area contributed by atoms with Crippen LogP contribution in [0.3, 0.4) is 0 Å². The maximum absolute atomic E-state index is 13.0. The number of piperazine rings is 1. The molecule has 0 saturated carbocycles. The van der Waals surface area contributed by atoms with E-state index in [1.807, 2.05) is 4.90 Å². The summed E-state index contributed by atoms with van der Waals surface area (Å²) in [6.45, 7) is 7.10. The molecule has 3 saturated heterocycles. The number of likely N-dealkylation sites (N-methyl/N-ethyl adjacent to an activating group) is 1. The van der Waals surface area contributed by atoms with Gasteiger partial charge < -0.3 is 20.4 Å². The fourth-order valence-electron chi connectivity index (χ4n) is 4.88. The monoisotopic (exact) mass is 407 g/mol. The van der Waals surface area contributed by atoms with E-state index in [-0.39, 0.29) is 24.2 Å². The summed E-state index contributed by atoms with van der Waals surface area (Å²) in [5.74, 6) is 0.249. The largest absolute Gasteiger partial charge is 0.370 e. The molecule has 3 aliphatic rings. The molecule has 164 valence electrons.